The first kappa shape index (κ1) is 12.9. The molecule has 2 aromatic carbocycles. The third kappa shape index (κ3) is 2.21. The molecule has 20 heavy (non-hydrogen) atoms. The second-order valence-electron chi connectivity index (χ2n) is 5.22. The second kappa shape index (κ2) is 5.10. The summed E-state index contributed by atoms with van der Waals surface area (Å²) in [7, 11) is 2.06. The predicted molar refractivity (Wildman–Crippen MR) is 83.6 cm³/mol. The van der Waals surface area contributed by atoms with Crippen molar-refractivity contribution in [3.63, 3.8) is 0 Å². The molecule has 0 amide bonds. The second-order valence-corrected chi connectivity index (χ2v) is 5.22. The van der Waals surface area contributed by atoms with Crippen LogP contribution in [0.15, 0.2) is 42.5 Å². The molecule has 3 nitrogen and oxygen atoms in total. The Morgan fingerprint density at radius 1 is 1.10 bits per heavy atom. The molecule has 2 N–H and O–H groups in total. The monoisotopic (exact) mass is 265 g/mol. The number of fused-ring (bicyclic) bond motifs is 1. The molecule has 1 aromatic heterocycles. The highest BCUT2D eigenvalue weighted by atomic mass is 15.1. The summed E-state index contributed by atoms with van der Waals surface area (Å²) in [6.07, 6.45) is 0.895. The van der Waals surface area contributed by atoms with E-state index in [2.05, 4.69) is 61.0 Å². The lowest BCUT2D eigenvalue weighted by molar-refractivity contribution is 0.956. The van der Waals surface area contributed by atoms with Crippen LogP contribution in [0.4, 0.5) is 0 Å². The lowest BCUT2D eigenvalue weighted by Gasteiger charge is -2.03. The van der Waals surface area contributed by atoms with E-state index in [9.17, 15) is 0 Å². The number of aromatic nitrogens is 2. The molecular formula is C17H19N3. The predicted octanol–water partition coefficient (Wildman–Crippen LogP) is 3.05. The molecule has 0 bridgehead atoms. The van der Waals surface area contributed by atoms with Crippen LogP contribution in [0.3, 0.4) is 0 Å². The molecule has 102 valence electrons. The number of hydrogen-bond donors (Lipinski definition) is 1. The van der Waals surface area contributed by atoms with Crippen LogP contribution >= 0.6 is 0 Å². The Bertz CT molecular complexity index is 739. The first-order valence-corrected chi connectivity index (χ1v) is 6.91. The highest BCUT2D eigenvalue weighted by Crippen LogP contribution is 2.24. The highest BCUT2D eigenvalue weighted by molar-refractivity contribution is 5.81. The van der Waals surface area contributed by atoms with E-state index in [-0.39, 0.29) is 0 Å². The molecule has 0 unspecified atom stereocenters. The van der Waals surface area contributed by atoms with E-state index in [1.165, 1.54) is 11.1 Å². The summed E-state index contributed by atoms with van der Waals surface area (Å²) in [5.41, 5.74) is 11.5. The quantitative estimate of drug-likeness (QED) is 0.791. The van der Waals surface area contributed by atoms with Crippen LogP contribution in [0, 0.1) is 6.92 Å². The maximum absolute atomic E-state index is 5.62. The third-order valence-electron chi connectivity index (χ3n) is 3.69. The molecular weight excluding hydrogens is 246 g/mol. The molecule has 0 saturated carbocycles. The van der Waals surface area contributed by atoms with Crippen molar-refractivity contribution in [1.82, 2.24) is 9.55 Å². The van der Waals surface area contributed by atoms with Gasteiger partial charge in [0.15, 0.2) is 0 Å². The summed E-state index contributed by atoms with van der Waals surface area (Å²) in [5.74, 6) is 1.00. The van der Waals surface area contributed by atoms with Gasteiger partial charge in [0.2, 0.25) is 0 Å². The fourth-order valence-electron chi connectivity index (χ4n) is 2.53. The Morgan fingerprint density at radius 2 is 1.85 bits per heavy atom. The van der Waals surface area contributed by atoms with Gasteiger partial charge in [-0.3, -0.25) is 0 Å². The van der Waals surface area contributed by atoms with Crippen LogP contribution in [0.25, 0.3) is 22.4 Å². The zero-order valence-corrected chi connectivity index (χ0v) is 11.9. The summed E-state index contributed by atoms with van der Waals surface area (Å²) < 4.78 is 2.15. The number of nitrogens with zero attached hydrogens (tertiary/aromatic N) is 2. The van der Waals surface area contributed by atoms with Gasteiger partial charge in [-0.1, -0.05) is 35.9 Å². The molecule has 0 radical (unpaired) electrons. The topological polar surface area (TPSA) is 43.8 Å². The Morgan fingerprint density at radius 3 is 2.55 bits per heavy atom. The van der Waals surface area contributed by atoms with Crippen LogP contribution in [0.2, 0.25) is 0 Å². The summed E-state index contributed by atoms with van der Waals surface area (Å²) in [6, 6.07) is 14.9. The molecule has 0 fully saturated rings. The lowest BCUT2D eigenvalue weighted by atomic mass is 10.1. The summed E-state index contributed by atoms with van der Waals surface area (Å²) in [6.45, 7) is 2.76. The average molecular weight is 265 g/mol. The Kier molecular flexibility index (Phi) is 3.28. The lowest BCUT2D eigenvalue weighted by Crippen LogP contribution is -2.02. The van der Waals surface area contributed by atoms with Gasteiger partial charge < -0.3 is 10.3 Å². The minimum absolute atomic E-state index is 0.670. The molecule has 3 heteroatoms. The molecule has 0 saturated heterocycles. The smallest absolute Gasteiger partial charge is 0.140 e. The molecule has 0 aliphatic carbocycles. The van der Waals surface area contributed by atoms with Gasteiger partial charge in [0.1, 0.15) is 5.82 Å². The number of imidazole rings is 1. The molecule has 0 aliphatic heterocycles. The van der Waals surface area contributed by atoms with Crippen molar-refractivity contribution in [2.75, 3.05) is 6.54 Å². The SMILES string of the molecule is Cc1ccc(-c2nc3cc(CCN)ccc3n2C)cc1. The van der Waals surface area contributed by atoms with Crippen LogP contribution in [-0.4, -0.2) is 16.1 Å². The number of rotatable bonds is 3. The minimum atomic E-state index is 0.670. The van der Waals surface area contributed by atoms with E-state index in [0.717, 1.165) is 28.8 Å². The van der Waals surface area contributed by atoms with E-state index < -0.39 is 0 Å². The normalized spacial score (nSPS) is 11.2. The Labute approximate surface area is 119 Å². The number of aryl methyl sites for hydroxylation is 2. The van der Waals surface area contributed by atoms with Crippen LogP contribution in [-0.2, 0) is 13.5 Å². The molecule has 0 atom stereocenters. The third-order valence-corrected chi connectivity index (χ3v) is 3.69. The highest BCUT2D eigenvalue weighted by Gasteiger charge is 2.10. The van der Waals surface area contributed by atoms with Crippen molar-refractivity contribution < 1.29 is 0 Å². The average Bonchev–Trinajstić information content (AvgIpc) is 2.77. The van der Waals surface area contributed by atoms with Crippen molar-refractivity contribution in [3.05, 3.63) is 53.6 Å². The van der Waals surface area contributed by atoms with Crippen molar-refractivity contribution in [3.8, 4) is 11.4 Å². The summed E-state index contributed by atoms with van der Waals surface area (Å²) in [4.78, 5) is 4.78. The molecule has 0 spiro atoms. The largest absolute Gasteiger partial charge is 0.330 e. The fraction of sp³-hybridized carbons (Fsp3) is 0.235. The van der Waals surface area contributed by atoms with E-state index in [0.29, 0.717) is 6.54 Å². The zero-order valence-electron chi connectivity index (χ0n) is 11.9. The Hall–Kier alpha value is -2.13. The number of hydrogen-bond acceptors (Lipinski definition) is 2. The van der Waals surface area contributed by atoms with Crippen LogP contribution in [0.5, 0.6) is 0 Å². The Balaban J connectivity index is 2.12. The first-order valence-electron chi connectivity index (χ1n) is 6.91. The van der Waals surface area contributed by atoms with E-state index in [1.54, 1.807) is 0 Å². The van der Waals surface area contributed by atoms with Gasteiger partial charge >= 0.3 is 0 Å². The van der Waals surface area contributed by atoms with Gasteiger partial charge in [-0.15, -0.1) is 0 Å². The standard InChI is InChI=1S/C17H19N3/c1-12-3-6-14(7-4-12)17-19-15-11-13(9-10-18)5-8-16(15)20(17)2/h3-8,11H,9-10,18H2,1-2H3. The molecule has 3 aromatic rings. The van der Waals surface area contributed by atoms with E-state index in [4.69, 9.17) is 10.7 Å². The van der Waals surface area contributed by atoms with Gasteiger partial charge in [0, 0.05) is 12.6 Å². The van der Waals surface area contributed by atoms with Crippen molar-refractivity contribution in [1.29, 1.82) is 0 Å². The zero-order chi connectivity index (χ0) is 14.1. The van der Waals surface area contributed by atoms with E-state index >= 15 is 0 Å². The van der Waals surface area contributed by atoms with Gasteiger partial charge in [0.25, 0.3) is 0 Å². The minimum Gasteiger partial charge on any atom is -0.330 e. The maximum atomic E-state index is 5.62. The van der Waals surface area contributed by atoms with Gasteiger partial charge in [0.05, 0.1) is 11.0 Å². The van der Waals surface area contributed by atoms with Crippen LogP contribution in [0.1, 0.15) is 11.1 Å². The molecule has 1 heterocycles. The fourth-order valence-corrected chi connectivity index (χ4v) is 2.53. The maximum Gasteiger partial charge on any atom is 0.140 e. The van der Waals surface area contributed by atoms with Crippen LogP contribution < -0.4 is 5.73 Å². The number of nitrogens with two attached hydrogens (primary N) is 1. The summed E-state index contributed by atoms with van der Waals surface area (Å²) >= 11 is 0. The molecule has 0 aliphatic rings. The van der Waals surface area contributed by atoms with Crippen molar-refractivity contribution >= 4 is 11.0 Å². The molecule has 3 rings (SSSR count). The van der Waals surface area contributed by atoms with E-state index in [1.807, 2.05) is 0 Å². The number of benzene rings is 2. The van der Waals surface area contributed by atoms with Gasteiger partial charge in [-0.25, -0.2) is 4.98 Å². The van der Waals surface area contributed by atoms with Crippen molar-refractivity contribution in [2.45, 2.75) is 13.3 Å². The van der Waals surface area contributed by atoms with Gasteiger partial charge in [-0.2, -0.15) is 0 Å². The van der Waals surface area contributed by atoms with Crippen molar-refractivity contribution in [2.24, 2.45) is 12.8 Å². The summed E-state index contributed by atoms with van der Waals surface area (Å²) in [5, 5.41) is 0. The van der Waals surface area contributed by atoms with Gasteiger partial charge in [-0.05, 0) is 37.6 Å². The first-order chi connectivity index (χ1) is 9.69.